The van der Waals surface area contributed by atoms with Gasteiger partial charge in [0.25, 0.3) is 0 Å². The van der Waals surface area contributed by atoms with Crippen LogP contribution in [-0.2, 0) is 15.8 Å². The van der Waals surface area contributed by atoms with Gasteiger partial charge >= 0.3 is 5.97 Å². The van der Waals surface area contributed by atoms with Crippen molar-refractivity contribution in [1.82, 2.24) is 4.90 Å². The lowest BCUT2D eigenvalue weighted by Crippen LogP contribution is -2.53. The molecule has 4 nitrogen and oxygen atoms in total. The number of aliphatic carboxylic acids is 1. The number of hydrogen-bond acceptors (Lipinski definition) is 3. The summed E-state index contributed by atoms with van der Waals surface area (Å²) in [5.41, 5.74) is 1.23. The Hall–Kier alpha value is -1.17. The van der Waals surface area contributed by atoms with Gasteiger partial charge in [-0.2, -0.15) is 0 Å². The lowest BCUT2D eigenvalue weighted by atomic mass is 9.94. The van der Waals surface area contributed by atoms with Crippen molar-refractivity contribution in [1.29, 1.82) is 0 Å². The summed E-state index contributed by atoms with van der Waals surface area (Å²) in [5, 5.41) is 9.80. The molecule has 1 N–H and O–H groups in total. The molecule has 0 saturated carbocycles. The molecule has 2 rings (SSSR count). The largest absolute Gasteiger partial charge is 0.481 e. The van der Waals surface area contributed by atoms with E-state index in [0.29, 0.717) is 6.54 Å². The van der Waals surface area contributed by atoms with Gasteiger partial charge in [0.1, 0.15) is 0 Å². The maximum absolute atomic E-state index is 11.8. The smallest absolute Gasteiger partial charge is 0.310 e. The Balaban J connectivity index is 2.05. The monoisotopic (exact) mass is 349 g/mol. The number of likely N-dealkylation sites (tertiary alicyclic amines) is 1. The fourth-order valence-corrected chi connectivity index (χ4v) is 4.31. The SMILES string of the molecule is CC(C)(C)[Si](C)(C)OC1CCN(Cc2ccccc2)CC1C(=O)O. The topological polar surface area (TPSA) is 49.8 Å². The first-order valence-corrected chi connectivity index (χ1v) is 11.7. The van der Waals surface area contributed by atoms with Gasteiger partial charge in [0.05, 0.1) is 12.0 Å². The summed E-state index contributed by atoms with van der Waals surface area (Å²) in [5.74, 6) is -1.19. The van der Waals surface area contributed by atoms with Crippen molar-refractivity contribution >= 4 is 14.3 Å². The molecule has 0 spiro atoms. The van der Waals surface area contributed by atoms with Gasteiger partial charge in [0.15, 0.2) is 8.32 Å². The highest BCUT2D eigenvalue weighted by molar-refractivity contribution is 6.74. The zero-order valence-corrected chi connectivity index (χ0v) is 16.6. The van der Waals surface area contributed by atoms with E-state index in [1.165, 1.54) is 5.56 Å². The molecule has 134 valence electrons. The molecule has 1 fully saturated rings. The van der Waals surface area contributed by atoms with Gasteiger partial charge in [-0.3, -0.25) is 9.69 Å². The lowest BCUT2D eigenvalue weighted by Gasteiger charge is -2.44. The van der Waals surface area contributed by atoms with E-state index in [0.717, 1.165) is 19.5 Å². The molecule has 0 bridgehead atoms. The maximum Gasteiger partial charge on any atom is 0.310 e. The lowest BCUT2D eigenvalue weighted by molar-refractivity contribution is -0.148. The molecular weight excluding hydrogens is 318 g/mol. The molecular formula is C19H31NO3Si. The van der Waals surface area contributed by atoms with Crippen LogP contribution in [0, 0.1) is 5.92 Å². The van der Waals surface area contributed by atoms with Crippen molar-refractivity contribution in [2.75, 3.05) is 13.1 Å². The molecule has 0 aromatic heterocycles. The van der Waals surface area contributed by atoms with Crippen LogP contribution in [-0.4, -0.2) is 43.5 Å². The van der Waals surface area contributed by atoms with Gasteiger partial charge in [-0.1, -0.05) is 51.1 Å². The highest BCUT2D eigenvalue weighted by atomic mass is 28.4. The minimum absolute atomic E-state index is 0.0945. The fraction of sp³-hybridized carbons (Fsp3) is 0.632. The number of carbonyl (C=O) groups is 1. The van der Waals surface area contributed by atoms with Crippen LogP contribution in [0.25, 0.3) is 0 Å². The molecule has 1 heterocycles. The predicted octanol–water partition coefficient (Wildman–Crippen LogP) is 3.98. The van der Waals surface area contributed by atoms with Crippen molar-refractivity contribution in [3.8, 4) is 0 Å². The summed E-state index contributed by atoms with van der Waals surface area (Å²) in [7, 11) is -1.96. The van der Waals surface area contributed by atoms with E-state index in [9.17, 15) is 9.90 Å². The van der Waals surface area contributed by atoms with Gasteiger partial charge in [0.2, 0.25) is 0 Å². The number of piperidine rings is 1. The molecule has 1 aromatic carbocycles. The minimum atomic E-state index is -1.96. The molecule has 0 radical (unpaired) electrons. The molecule has 1 aromatic rings. The van der Waals surface area contributed by atoms with E-state index in [1.807, 2.05) is 18.2 Å². The molecule has 0 aliphatic carbocycles. The van der Waals surface area contributed by atoms with Gasteiger partial charge < -0.3 is 9.53 Å². The van der Waals surface area contributed by atoms with Crippen LogP contribution < -0.4 is 0 Å². The van der Waals surface area contributed by atoms with Gasteiger partial charge in [-0.25, -0.2) is 0 Å². The number of rotatable bonds is 5. The Morgan fingerprint density at radius 1 is 1.29 bits per heavy atom. The third kappa shape index (κ3) is 4.68. The van der Waals surface area contributed by atoms with E-state index >= 15 is 0 Å². The zero-order chi connectivity index (χ0) is 18.0. The van der Waals surface area contributed by atoms with Crippen molar-refractivity contribution in [3.63, 3.8) is 0 Å². The van der Waals surface area contributed by atoms with Gasteiger partial charge in [-0.05, 0) is 30.1 Å². The Labute approximate surface area is 147 Å². The number of nitrogens with zero attached hydrogens (tertiary/aromatic N) is 1. The molecule has 1 aliphatic heterocycles. The first-order chi connectivity index (χ1) is 11.1. The summed E-state index contributed by atoms with van der Waals surface area (Å²) in [6.07, 6.45) is 0.617. The summed E-state index contributed by atoms with van der Waals surface area (Å²) < 4.78 is 6.45. The predicted molar refractivity (Wildman–Crippen MR) is 99.5 cm³/mol. The van der Waals surface area contributed by atoms with E-state index in [4.69, 9.17) is 4.43 Å². The summed E-state index contributed by atoms with van der Waals surface area (Å²) in [6, 6.07) is 10.2. The third-order valence-electron chi connectivity index (χ3n) is 5.45. The second-order valence-electron chi connectivity index (χ2n) is 8.37. The van der Waals surface area contributed by atoms with E-state index in [-0.39, 0.29) is 11.1 Å². The van der Waals surface area contributed by atoms with Crippen molar-refractivity contribution < 1.29 is 14.3 Å². The quantitative estimate of drug-likeness (QED) is 0.817. The number of benzene rings is 1. The van der Waals surface area contributed by atoms with E-state index in [2.05, 4.69) is 50.9 Å². The van der Waals surface area contributed by atoms with Crippen LogP contribution in [0.2, 0.25) is 18.1 Å². The second-order valence-corrected chi connectivity index (χ2v) is 13.1. The molecule has 0 amide bonds. The Morgan fingerprint density at radius 2 is 1.92 bits per heavy atom. The van der Waals surface area contributed by atoms with Crippen LogP contribution >= 0.6 is 0 Å². The van der Waals surface area contributed by atoms with Crippen LogP contribution in [0.4, 0.5) is 0 Å². The first-order valence-electron chi connectivity index (χ1n) is 8.77. The van der Waals surface area contributed by atoms with Crippen molar-refractivity contribution in [2.45, 2.75) is 58.0 Å². The number of carboxylic acids is 1. The van der Waals surface area contributed by atoms with Gasteiger partial charge in [-0.15, -0.1) is 0 Å². The summed E-state index contributed by atoms with van der Waals surface area (Å²) >= 11 is 0. The van der Waals surface area contributed by atoms with Crippen molar-refractivity contribution in [2.24, 2.45) is 5.92 Å². The fourth-order valence-electron chi connectivity index (χ4n) is 2.92. The molecule has 2 atom stereocenters. The van der Waals surface area contributed by atoms with Crippen LogP contribution in [0.15, 0.2) is 30.3 Å². The highest BCUT2D eigenvalue weighted by Gasteiger charge is 2.43. The normalized spacial score (nSPS) is 23.2. The van der Waals surface area contributed by atoms with Crippen LogP contribution in [0.3, 0.4) is 0 Å². The van der Waals surface area contributed by atoms with E-state index < -0.39 is 20.2 Å². The Morgan fingerprint density at radius 3 is 2.46 bits per heavy atom. The molecule has 24 heavy (non-hydrogen) atoms. The van der Waals surface area contributed by atoms with Crippen molar-refractivity contribution in [3.05, 3.63) is 35.9 Å². The Kier molecular flexibility index (Phi) is 5.89. The zero-order valence-electron chi connectivity index (χ0n) is 15.6. The molecule has 5 heteroatoms. The first kappa shape index (κ1) is 19.2. The number of carboxylic acid groups (broad SMARTS) is 1. The second kappa shape index (κ2) is 7.38. The van der Waals surface area contributed by atoms with Crippen LogP contribution in [0.5, 0.6) is 0 Å². The highest BCUT2D eigenvalue weighted by Crippen LogP contribution is 2.39. The van der Waals surface area contributed by atoms with Crippen LogP contribution in [0.1, 0.15) is 32.8 Å². The average Bonchev–Trinajstić information content (AvgIpc) is 2.48. The minimum Gasteiger partial charge on any atom is -0.481 e. The maximum atomic E-state index is 11.8. The molecule has 1 aliphatic rings. The Bertz CT molecular complexity index is 553. The standard InChI is InChI=1S/C19H31NO3Si/c1-19(2,3)24(4,5)23-17-11-12-20(14-16(17)18(21)22)13-15-9-7-6-8-10-15/h6-10,16-17H,11-14H2,1-5H3,(H,21,22). The summed E-state index contributed by atoms with van der Waals surface area (Å²) in [4.78, 5) is 14.0. The summed E-state index contributed by atoms with van der Waals surface area (Å²) in [6.45, 7) is 13.2. The average molecular weight is 350 g/mol. The van der Waals surface area contributed by atoms with Gasteiger partial charge in [0, 0.05) is 19.6 Å². The molecule has 2 unspecified atom stereocenters. The number of hydrogen-bond donors (Lipinski definition) is 1. The third-order valence-corrected chi connectivity index (χ3v) is 9.96. The van der Waals surface area contributed by atoms with E-state index in [1.54, 1.807) is 0 Å². The molecule has 1 saturated heterocycles.